The van der Waals surface area contributed by atoms with E-state index in [2.05, 4.69) is 55.4 Å². The SMILES string of the molecule is CC(C)CCCC(C)CCCC(C)CCCCC(C)CCCC(C)CCCC(C)C.[Au]. The molecule has 4 unspecified atom stereocenters. The van der Waals surface area contributed by atoms with Gasteiger partial charge in [-0.3, -0.25) is 0 Å². The molecule has 193 valence electrons. The van der Waals surface area contributed by atoms with Crippen LogP contribution in [0.3, 0.4) is 0 Å². The third-order valence-electron chi connectivity index (χ3n) is 7.39. The normalized spacial score (nSPS) is 15.7. The van der Waals surface area contributed by atoms with Crippen molar-refractivity contribution >= 4 is 0 Å². The van der Waals surface area contributed by atoms with Crippen LogP contribution in [0, 0.1) is 35.5 Å². The number of unbranched alkanes of at least 4 members (excludes halogenated alkanes) is 1. The fraction of sp³-hybridized carbons (Fsp3) is 1.00. The molecule has 0 heterocycles. The summed E-state index contributed by atoms with van der Waals surface area (Å²) in [5.74, 6) is 5.51. The van der Waals surface area contributed by atoms with Gasteiger partial charge < -0.3 is 0 Å². The fourth-order valence-corrected chi connectivity index (χ4v) is 4.94. The van der Waals surface area contributed by atoms with Gasteiger partial charge in [0.25, 0.3) is 0 Å². The van der Waals surface area contributed by atoms with E-state index in [0.717, 1.165) is 35.5 Å². The van der Waals surface area contributed by atoms with Gasteiger partial charge in [0, 0.05) is 22.4 Å². The van der Waals surface area contributed by atoms with E-state index in [1.54, 1.807) is 0 Å². The molecule has 0 aromatic heterocycles. The fourth-order valence-electron chi connectivity index (χ4n) is 4.94. The van der Waals surface area contributed by atoms with E-state index in [4.69, 9.17) is 0 Å². The topological polar surface area (TPSA) is 0 Å². The van der Waals surface area contributed by atoms with Crippen LogP contribution >= 0.6 is 0 Å². The molecule has 0 fully saturated rings. The molecular weight excluding hydrogens is 557 g/mol. The minimum Gasteiger partial charge on any atom is -0.0628 e. The molecule has 0 saturated carbocycles. The molecule has 0 aromatic carbocycles. The second-order valence-electron chi connectivity index (χ2n) is 12.2. The molecule has 0 saturated heterocycles. The molecule has 0 aliphatic rings. The molecule has 1 radical (unpaired) electrons. The number of hydrogen-bond acceptors (Lipinski definition) is 0. The van der Waals surface area contributed by atoms with Gasteiger partial charge in [0.1, 0.15) is 0 Å². The van der Waals surface area contributed by atoms with Crippen LogP contribution in [0.2, 0.25) is 0 Å². The second kappa shape index (κ2) is 22.5. The van der Waals surface area contributed by atoms with E-state index in [0.29, 0.717) is 0 Å². The molecule has 0 aliphatic carbocycles. The summed E-state index contributed by atoms with van der Waals surface area (Å²) in [5.41, 5.74) is 0. The maximum Gasteiger partial charge on any atom is 0 e. The zero-order valence-electron chi connectivity index (χ0n) is 23.1. The van der Waals surface area contributed by atoms with Gasteiger partial charge in [0.05, 0.1) is 0 Å². The number of rotatable bonds is 21. The van der Waals surface area contributed by atoms with Gasteiger partial charge in [-0.15, -0.1) is 0 Å². The van der Waals surface area contributed by atoms with Gasteiger partial charge in [0.15, 0.2) is 0 Å². The van der Waals surface area contributed by atoms with Gasteiger partial charge in [-0.05, 0) is 35.5 Å². The van der Waals surface area contributed by atoms with Crippen molar-refractivity contribution in [3.63, 3.8) is 0 Å². The van der Waals surface area contributed by atoms with Crippen molar-refractivity contribution in [3.05, 3.63) is 0 Å². The minimum absolute atomic E-state index is 0. The predicted octanol–water partition coefficient (Wildman–Crippen LogP) is 11.1. The molecule has 1 heteroatoms. The molecule has 0 nitrogen and oxygen atoms in total. The Hall–Kier alpha value is 0.740. The van der Waals surface area contributed by atoms with Crippen LogP contribution in [0.5, 0.6) is 0 Å². The molecule has 0 aromatic rings. The molecular formula is C30H62Au. The maximum atomic E-state index is 2.49. The Labute approximate surface area is 215 Å². The van der Waals surface area contributed by atoms with Gasteiger partial charge in [-0.2, -0.15) is 0 Å². The largest absolute Gasteiger partial charge is 0.0628 e. The molecule has 0 amide bonds. The van der Waals surface area contributed by atoms with E-state index >= 15 is 0 Å². The van der Waals surface area contributed by atoms with Crippen molar-refractivity contribution in [2.45, 2.75) is 158 Å². The Kier molecular flexibility index (Phi) is 24.6. The third-order valence-corrected chi connectivity index (χ3v) is 7.39. The van der Waals surface area contributed by atoms with E-state index in [-0.39, 0.29) is 22.4 Å². The summed E-state index contributed by atoms with van der Waals surface area (Å²) >= 11 is 0. The molecule has 0 spiro atoms. The Morgan fingerprint density at radius 3 is 0.710 bits per heavy atom. The van der Waals surface area contributed by atoms with Gasteiger partial charge in [0.2, 0.25) is 0 Å². The van der Waals surface area contributed by atoms with Gasteiger partial charge in [-0.25, -0.2) is 0 Å². The summed E-state index contributed by atoms with van der Waals surface area (Å²) in [6.45, 7) is 19.3. The van der Waals surface area contributed by atoms with E-state index in [9.17, 15) is 0 Å². The first-order chi connectivity index (χ1) is 14.2. The second-order valence-corrected chi connectivity index (χ2v) is 12.2. The smallest absolute Gasteiger partial charge is 0 e. The Morgan fingerprint density at radius 1 is 0.290 bits per heavy atom. The third kappa shape index (κ3) is 25.2. The minimum atomic E-state index is 0. The zero-order valence-corrected chi connectivity index (χ0v) is 25.2. The summed E-state index contributed by atoms with van der Waals surface area (Å²) in [6, 6.07) is 0. The van der Waals surface area contributed by atoms with E-state index in [1.807, 2.05) is 0 Å². The molecule has 0 bridgehead atoms. The van der Waals surface area contributed by atoms with E-state index in [1.165, 1.54) is 103 Å². The molecule has 0 N–H and O–H groups in total. The Bertz CT molecular complexity index is 314. The Balaban J connectivity index is 0. The quantitative estimate of drug-likeness (QED) is 0.0886. The summed E-state index contributed by atoms with van der Waals surface area (Å²) in [5, 5.41) is 0. The van der Waals surface area contributed by atoms with Crippen molar-refractivity contribution in [1.82, 2.24) is 0 Å². The van der Waals surface area contributed by atoms with Crippen LogP contribution < -0.4 is 0 Å². The standard InChI is InChI=1S/C30H62.Au/c1-25(2)15-11-19-29(7)23-13-21-27(5)17-9-10-18-28(6)22-14-24-30(8)20-12-16-26(3)4;/h25-30H,9-24H2,1-8H3;. The molecule has 0 aliphatic heterocycles. The summed E-state index contributed by atoms with van der Waals surface area (Å²) in [7, 11) is 0. The van der Waals surface area contributed by atoms with Crippen LogP contribution in [-0.2, 0) is 22.4 Å². The van der Waals surface area contributed by atoms with Crippen molar-refractivity contribution in [2.75, 3.05) is 0 Å². The van der Waals surface area contributed by atoms with Crippen molar-refractivity contribution in [2.24, 2.45) is 35.5 Å². The monoisotopic (exact) mass is 619 g/mol. The van der Waals surface area contributed by atoms with Crippen molar-refractivity contribution in [1.29, 1.82) is 0 Å². The van der Waals surface area contributed by atoms with Crippen LogP contribution in [0.4, 0.5) is 0 Å². The first kappa shape index (κ1) is 33.9. The average molecular weight is 620 g/mol. The summed E-state index contributed by atoms with van der Waals surface area (Å²) in [4.78, 5) is 0. The van der Waals surface area contributed by atoms with Crippen molar-refractivity contribution in [3.8, 4) is 0 Å². The van der Waals surface area contributed by atoms with Crippen LogP contribution in [-0.4, -0.2) is 0 Å². The first-order valence-corrected chi connectivity index (χ1v) is 14.2. The van der Waals surface area contributed by atoms with Crippen LogP contribution in [0.1, 0.15) is 158 Å². The van der Waals surface area contributed by atoms with Gasteiger partial charge in [-0.1, -0.05) is 158 Å². The Morgan fingerprint density at radius 2 is 0.484 bits per heavy atom. The van der Waals surface area contributed by atoms with Gasteiger partial charge >= 0.3 is 0 Å². The van der Waals surface area contributed by atoms with Crippen LogP contribution in [0.25, 0.3) is 0 Å². The summed E-state index contributed by atoms with van der Waals surface area (Å²) in [6.07, 6.45) is 23.2. The average Bonchev–Trinajstić information content (AvgIpc) is 2.64. The predicted molar refractivity (Wildman–Crippen MR) is 140 cm³/mol. The zero-order chi connectivity index (χ0) is 22.8. The summed E-state index contributed by atoms with van der Waals surface area (Å²) < 4.78 is 0. The van der Waals surface area contributed by atoms with Crippen LogP contribution in [0.15, 0.2) is 0 Å². The maximum absolute atomic E-state index is 2.49. The number of hydrogen-bond donors (Lipinski definition) is 0. The van der Waals surface area contributed by atoms with E-state index < -0.39 is 0 Å². The molecule has 0 rings (SSSR count). The molecule has 4 atom stereocenters. The van der Waals surface area contributed by atoms with Crippen molar-refractivity contribution < 1.29 is 22.4 Å². The first-order valence-electron chi connectivity index (χ1n) is 14.2. The molecule has 31 heavy (non-hydrogen) atoms.